The van der Waals surface area contributed by atoms with Crippen molar-refractivity contribution in [2.75, 3.05) is 6.61 Å². The van der Waals surface area contributed by atoms with Crippen LogP contribution in [-0.4, -0.2) is 18.6 Å². The van der Waals surface area contributed by atoms with Crippen LogP contribution in [0.4, 0.5) is 0 Å². The maximum atomic E-state index is 12.0. The molecule has 0 saturated heterocycles. The highest BCUT2D eigenvalue weighted by Crippen LogP contribution is 2.34. The van der Waals surface area contributed by atoms with Crippen molar-refractivity contribution in [3.63, 3.8) is 0 Å². The Morgan fingerprint density at radius 3 is 2.68 bits per heavy atom. The molecule has 0 saturated carbocycles. The molecule has 0 aliphatic heterocycles. The average molecular weight is 400 g/mol. The first kappa shape index (κ1) is 20.0. The van der Waals surface area contributed by atoms with Crippen molar-refractivity contribution in [1.82, 2.24) is 5.32 Å². The third-order valence-corrected chi connectivity index (χ3v) is 4.67. The number of fused-ring (bicyclic) bond motifs is 1. The van der Waals surface area contributed by atoms with Crippen LogP contribution in [0, 0.1) is 0 Å². The number of carbonyl (C=O) groups is 1. The molecule has 0 aliphatic rings. The number of rotatable bonds is 7. The van der Waals surface area contributed by atoms with Gasteiger partial charge in [0.15, 0.2) is 6.61 Å². The minimum absolute atomic E-state index is 0.0830. The molecule has 0 bridgehead atoms. The molecular weight excluding hydrogens is 378 g/mol. The molecule has 1 unspecified atom stereocenters. The summed E-state index contributed by atoms with van der Waals surface area (Å²) in [5.41, 5.74) is 1.50. The minimum atomic E-state index is -0.467. The maximum absolute atomic E-state index is 12.0. The predicted molar refractivity (Wildman–Crippen MR) is 111 cm³/mol. The van der Waals surface area contributed by atoms with Crippen LogP contribution >= 0.6 is 11.6 Å². The van der Waals surface area contributed by atoms with Crippen molar-refractivity contribution in [1.29, 1.82) is 0 Å². The summed E-state index contributed by atoms with van der Waals surface area (Å²) in [5, 5.41) is 3.91. The molecule has 146 valence electrons. The molecule has 0 radical (unpaired) electrons. The second kappa shape index (κ2) is 8.93. The van der Waals surface area contributed by atoms with Gasteiger partial charge in [0.05, 0.1) is 5.02 Å². The second-order valence-corrected chi connectivity index (χ2v) is 7.08. The van der Waals surface area contributed by atoms with E-state index in [1.165, 1.54) is 6.07 Å². The van der Waals surface area contributed by atoms with Gasteiger partial charge < -0.3 is 14.5 Å². The number of nitrogens with one attached hydrogen (secondary N) is 1. The smallest absolute Gasteiger partial charge is 0.336 e. The van der Waals surface area contributed by atoms with E-state index in [9.17, 15) is 9.59 Å². The highest BCUT2D eigenvalue weighted by atomic mass is 35.5. The van der Waals surface area contributed by atoms with Crippen molar-refractivity contribution in [3.8, 4) is 16.9 Å². The minimum Gasteiger partial charge on any atom is -0.482 e. The third-order valence-electron chi connectivity index (χ3n) is 4.37. The van der Waals surface area contributed by atoms with Gasteiger partial charge in [-0.25, -0.2) is 4.79 Å². The number of amides is 1. The highest BCUT2D eigenvalue weighted by molar-refractivity contribution is 6.33. The molecular formula is C22H22ClNO4. The molecule has 2 aromatic carbocycles. The Morgan fingerprint density at radius 2 is 1.96 bits per heavy atom. The monoisotopic (exact) mass is 399 g/mol. The average Bonchev–Trinajstić information content (AvgIpc) is 2.67. The number of hydrogen-bond donors (Lipinski definition) is 1. The Hall–Kier alpha value is -2.79. The van der Waals surface area contributed by atoms with Gasteiger partial charge in [0.25, 0.3) is 5.91 Å². The fourth-order valence-corrected chi connectivity index (χ4v) is 3.31. The molecule has 1 aromatic heterocycles. The normalized spacial score (nSPS) is 12.0. The van der Waals surface area contributed by atoms with Gasteiger partial charge in [-0.3, -0.25) is 4.79 Å². The van der Waals surface area contributed by atoms with Gasteiger partial charge in [0.2, 0.25) is 0 Å². The molecule has 3 rings (SSSR count). The van der Waals surface area contributed by atoms with Crippen LogP contribution in [0.2, 0.25) is 5.02 Å². The van der Waals surface area contributed by atoms with Crippen LogP contribution in [0.3, 0.4) is 0 Å². The summed E-state index contributed by atoms with van der Waals surface area (Å²) in [6.07, 6.45) is 1.89. The van der Waals surface area contributed by atoms with Crippen LogP contribution in [-0.2, 0) is 4.79 Å². The van der Waals surface area contributed by atoms with Gasteiger partial charge in [-0.15, -0.1) is 0 Å². The molecule has 1 N–H and O–H groups in total. The summed E-state index contributed by atoms with van der Waals surface area (Å²) in [5.74, 6) is 0.0671. The molecule has 1 heterocycles. The molecule has 5 nitrogen and oxygen atoms in total. The summed E-state index contributed by atoms with van der Waals surface area (Å²) in [6.45, 7) is 3.84. The van der Waals surface area contributed by atoms with Gasteiger partial charge >= 0.3 is 5.63 Å². The number of halogens is 1. The van der Waals surface area contributed by atoms with E-state index in [0.29, 0.717) is 21.7 Å². The summed E-state index contributed by atoms with van der Waals surface area (Å²) in [7, 11) is 0. The van der Waals surface area contributed by atoms with Crippen LogP contribution in [0.15, 0.2) is 57.7 Å². The Balaban J connectivity index is 1.87. The van der Waals surface area contributed by atoms with Gasteiger partial charge in [0, 0.05) is 23.6 Å². The quantitative estimate of drug-likeness (QED) is 0.579. The molecule has 0 aliphatic carbocycles. The summed E-state index contributed by atoms with van der Waals surface area (Å²) >= 11 is 6.36. The fourth-order valence-electron chi connectivity index (χ4n) is 3.10. The van der Waals surface area contributed by atoms with Gasteiger partial charge in [-0.1, -0.05) is 55.3 Å². The largest absolute Gasteiger partial charge is 0.482 e. The predicted octanol–water partition coefficient (Wildman–Crippen LogP) is 4.80. The van der Waals surface area contributed by atoms with E-state index in [1.54, 1.807) is 12.1 Å². The SMILES string of the molecule is CCCC(C)NC(=O)COc1cc2oc(=O)cc(-c3ccccc3)c2cc1Cl. The lowest BCUT2D eigenvalue weighted by Gasteiger charge is -2.14. The lowest BCUT2D eigenvalue weighted by atomic mass is 10.0. The molecule has 3 aromatic rings. The molecule has 6 heteroatoms. The van der Waals surface area contributed by atoms with E-state index < -0.39 is 5.63 Å². The van der Waals surface area contributed by atoms with Crippen LogP contribution < -0.4 is 15.7 Å². The lowest BCUT2D eigenvalue weighted by molar-refractivity contribution is -0.123. The van der Waals surface area contributed by atoms with Crippen molar-refractivity contribution >= 4 is 28.5 Å². The topological polar surface area (TPSA) is 68.5 Å². The fraction of sp³-hybridized carbons (Fsp3) is 0.273. The van der Waals surface area contributed by atoms with E-state index in [4.69, 9.17) is 20.8 Å². The van der Waals surface area contributed by atoms with Crippen molar-refractivity contribution in [2.45, 2.75) is 32.7 Å². The molecule has 1 atom stereocenters. The Bertz CT molecular complexity index is 1030. The first-order valence-corrected chi connectivity index (χ1v) is 9.60. The van der Waals surface area contributed by atoms with Crippen LogP contribution in [0.5, 0.6) is 5.75 Å². The Morgan fingerprint density at radius 1 is 1.21 bits per heavy atom. The van der Waals surface area contributed by atoms with E-state index in [0.717, 1.165) is 24.0 Å². The highest BCUT2D eigenvalue weighted by Gasteiger charge is 2.14. The molecule has 1 amide bonds. The number of ether oxygens (including phenoxy) is 1. The van der Waals surface area contributed by atoms with Gasteiger partial charge in [0.1, 0.15) is 11.3 Å². The van der Waals surface area contributed by atoms with Crippen LogP contribution in [0.25, 0.3) is 22.1 Å². The summed E-state index contributed by atoms with van der Waals surface area (Å²) in [4.78, 5) is 24.0. The zero-order valence-electron chi connectivity index (χ0n) is 15.8. The van der Waals surface area contributed by atoms with Crippen molar-refractivity contribution in [2.24, 2.45) is 0 Å². The standard InChI is InChI=1S/C22H22ClNO4/c1-3-7-14(2)24-21(25)13-27-20-12-19-17(10-18(20)23)16(11-22(26)28-19)15-8-5-4-6-9-15/h4-6,8-12,14H,3,7,13H2,1-2H3,(H,24,25). The summed E-state index contributed by atoms with van der Waals surface area (Å²) in [6, 6.07) is 14.3. The first-order valence-electron chi connectivity index (χ1n) is 9.23. The molecule has 28 heavy (non-hydrogen) atoms. The molecule has 0 fully saturated rings. The number of carbonyl (C=O) groups excluding carboxylic acids is 1. The van der Waals surface area contributed by atoms with Gasteiger partial charge in [-0.2, -0.15) is 0 Å². The molecule has 0 spiro atoms. The van der Waals surface area contributed by atoms with Crippen LogP contribution in [0.1, 0.15) is 26.7 Å². The summed E-state index contributed by atoms with van der Waals surface area (Å²) < 4.78 is 10.9. The Kier molecular flexibility index (Phi) is 6.37. The third kappa shape index (κ3) is 4.73. The first-order chi connectivity index (χ1) is 13.5. The van der Waals surface area contributed by atoms with E-state index in [2.05, 4.69) is 12.2 Å². The number of benzene rings is 2. The zero-order valence-corrected chi connectivity index (χ0v) is 16.6. The number of hydrogen-bond acceptors (Lipinski definition) is 4. The van der Waals surface area contributed by atoms with Crippen molar-refractivity contribution in [3.05, 3.63) is 64.0 Å². The second-order valence-electron chi connectivity index (χ2n) is 6.67. The van der Waals surface area contributed by atoms with E-state index in [-0.39, 0.29) is 18.6 Å². The Labute approximate surface area is 168 Å². The zero-order chi connectivity index (χ0) is 20.1. The lowest BCUT2D eigenvalue weighted by Crippen LogP contribution is -2.35. The van der Waals surface area contributed by atoms with E-state index >= 15 is 0 Å². The van der Waals surface area contributed by atoms with Gasteiger partial charge in [-0.05, 0) is 30.5 Å². The maximum Gasteiger partial charge on any atom is 0.336 e. The van der Waals surface area contributed by atoms with Crippen molar-refractivity contribution < 1.29 is 13.9 Å². The van der Waals surface area contributed by atoms with E-state index in [1.807, 2.05) is 37.3 Å².